The molecular weight excluding hydrogens is 457 g/mol. The van der Waals surface area contributed by atoms with Crippen molar-refractivity contribution in [3.63, 3.8) is 0 Å². The summed E-state index contributed by atoms with van der Waals surface area (Å²) in [5.74, 6) is -0.791. The van der Waals surface area contributed by atoms with E-state index in [1.54, 1.807) is 24.3 Å². The summed E-state index contributed by atoms with van der Waals surface area (Å²) < 4.78 is 47.7. The summed E-state index contributed by atoms with van der Waals surface area (Å²) in [6, 6.07) is 11.9. The van der Waals surface area contributed by atoms with Crippen molar-refractivity contribution in [2.75, 3.05) is 25.0 Å². The molecule has 1 aromatic heterocycles. The van der Waals surface area contributed by atoms with Crippen LogP contribution in [0, 0.1) is 0 Å². The van der Waals surface area contributed by atoms with E-state index >= 15 is 0 Å². The Hall–Kier alpha value is -4.06. The van der Waals surface area contributed by atoms with Gasteiger partial charge >= 0.3 is 12.5 Å². The largest absolute Gasteiger partial charge is 0.573 e. The lowest BCUT2D eigenvalue weighted by molar-refractivity contribution is -0.274. The number of carbonyl (C=O) groups excluding carboxylic acids is 1. The molecule has 1 fully saturated rings. The van der Waals surface area contributed by atoms with Gasteiger partial charge in [0.1, 0.15) is 11.9 Å². The third-order valence-corrected chi connectivity index (χ3v) is 5.06. The number of anilines is 1. The average Bonchev–Trinajstić information content (AvgIpc) is 3.30. The van der Waals surface area contributed by atoms with Crippen LogP contribution in [-0.4, -0.2) is 57.8 Å². The Balaban J connectivity index is 1.38. The number of rotatable bonds is 5. The molecule has 0 saturated carbocycles. The topological polar surface area (TPSA) is 106 Å². The molecule has 3 aromatic rings. The number of carbonyl (C=O) groups is 2. The van der Waals surface area contributed by atoms with Gasteiger partial charge in [-0.3, -0.25) is 4.79 Å². The highest BCUT2D eigenvalue weighted by Gasteiger charge is 2.31. The van der Waals surface area contributed by atoms with Crippen molar-refractivity contribution < 1.29 is 37.3 Å². The van der Waals surface area contributed by atoms with Crippen LogP contribution >= 0.6 is 0 Å². The molecule has 12 heteroatoms. The number of nitrogens with zero attached hydrogens (tertiary/aromatic N) is 3. The smallest absolute Gasteiger partial charge is 0.465 e. The minimum Gasteiger partial charge on any atom is -0.465 e. The molecule has 1 aliphatic heterocycles. The molecule has 0 radical (unpaired) electrons. The van der Waals surface area contributed by atoms with Crippen LogP contribution in [0.1, 0.15) is 22.0 Å². The van der Waals surface area contributed by atoms with Crippen molar-refractivity contribution in [3.05, 3.63) is 72.1 Å². The number of alkyl halides is 3. The Kier molecular flexibility index (Phi) is 6.41. The monoisotopic (exact) mass is 476 g/mol. The van der Waals surface area contributed by atoms with Gasteiger partial charge in [0.2, 0.25) is 0 Å². The maximum atomic E-state index is 12.6. The summed E-state index contributed by atoms with van der Waals surface area (Å²) in [6.45, 7) is 0.847. The van der Waals surface area contributed by atoms with Gasteiger partial charge in [-0.15, -0.1) is 13.2 Å². The van der Waals surface area contributed by atoms with E-state index in [0.717, 1.165) is 17.7 Å². The molecule has 0 bridgehead atoms. The van der Waals surface area contributed by atoms with Crippen LogP contribution in [0.25, 0.3) is 5.69 Å². The molecule has 1 unspecified atom stereocenters. The fraction of sp³-hybridized carbons (Fsp3) is 0.227. The molecule has 34 heavy (non-hydrogen) atoms. The molecule has 178 valence electrons. The molecule has 1 aliphatic rings. The van der Waals surface area contributed by atoms with E-state index in [2.05, 4.69) is 15.2 Å². The Morgan fingerprint density at radius 1 is 1.12 bits per heavy atom. The minimum absolute atomic E-state index is 0.226. The van der Waals surface area contributed by atoms with E-state index in [-0.39, 0.29) is 24.0 Å². The standard InChI is InChI=1S/C22H19F3N4O5/c23-22(24,25)34-18-7-5-17(6-8-18)29-12-15(11-26-29)20(30)27-16-3-1-14(2-4-16)19-13-28(21(31)32)9-10-33-19/h1-8,11-12,19H,9-10,13H2,(H,27,30)(H,31,32). The molecule has 2 N–H and O–H groups in total. The lowest BCUT2D eigenvalue weighted by Crippen LogP contribution is -2.41. The molecule has 2 aromatic carbocycles. The summed E-state index contributed by atoms with van der Waals surface area (Å²) in [6.07, 6.45) is -3.39. The summed E-state index contributed by atoms with van der Waals surface area (Å²) in [7, 11) is 0. The average molecular weight is 476 g/mol. The first-order valence-electron chi connectivity index (χ1n) is 10.1. The highest BCUT2D eigenvalue weighted by molar-refractivity contribution is 6.04. The Bertz CT molecular complexity index is 1160. The second-order valence-electron chi connectivity index (χ2n) is 7.38. The number of aromatic nitrogens is 2. The van der Waals surface area contributed by atoms with E-state index in [1.807, 2.05) is 0 Å². The number of carboxylic acid groups (broad SMARTS) is 1. The number of hydrogen-bond acceptors (Lipinski definition) is 5. The van der Waals surface area contributed by atoms with Gasteiger partial charge in [0.05, 0.1) is 30.6 Å². The highest BCUT2D eigenvalue weighted by Crippen LogP contribution is 2.25. The summed E-state index contributed by atoms with van der Waals surface area (Å²) in [5.41, 5.74) is 1.99. The zero-order chi connectivity index (χ0) is 24.3. The number of morpholine rings is 1. The van der Waals surface area contributed by atoms with Crippen LogP contribution in [0.15, 0.2) is 60.9 Å². The van der Waals surface area contributed by atoms with Gasteiger partial charge in [0.25, 0.3) is 5.91 Å². The third kappa shape index (κ3) is 5.64. The first-order chi connectivity index (χ1) is 16.2. The lowest BCUT2D eigenvalue weighted by atomic mass is 10.1. The van der Waals surface area contributed by atoms with E-state index in [1.165, 1.54) is 34.1 Å². The Morgan fingerprint density at radius 3 is 2.47 bits per heavy atom. The van der Waals surface area contributed by atoms with Gasteiger partial charge in [0.15, 0.2) is 0 Å². The fourth-order valence-corrected chi connectivity index (χ4v) is 3.39. The van der Waals surface area contributed by atoms with Crippen LogP contribution in [0.5, 0.6) is 5.75 Å². The van der Waals surface area contributed by atoms with Crippen LogP contribution in [0.2, 0.25) is 0 Å². The zero-order valence-electron chi connectivity index (χ0n) is 17.5. The number of benzene rings is 2. The summed E-state index contributed by atoms with van der Waals surface area (Å²) in [5, 5.41) is 16.0. The number of nitrogens with one attached hydrogen (secondary N) is 1. The molecule has 9 nitrogen and oxygen atoms in total. The minimum atomic E-state index is -4.78. The normalized spacial score (nSPS) is 16.2. The maximum Gasteiger partial charge on any atom is 0.573 e. The molecule has 2 amide bonds. The first kappa shape index (κ1) is 23.1. The highest BCUT2D eigenvalue weighted by atomic mass is 19.4. The quantitative estimate of drug-likeness (QED) is 0.575. The van der Waals surface area contributed by atoms with Crippen LogP contribution < -0.4 is 10.1 Å². The first-order valence-corrected chi connectivity index (χ1v) is 10.1. The lowest BCUT2D eigenvalue weighted by Gasteiger charge is -2.31. The molecule has 0 aliphatic carbocycles. The van der Waals surface area contributed by atoms with Crippen molar-refractivity contribution >= 4 is 17.7 Å². The number of halogens is 3. The molecule has 2 heterocycles. The predicted octanol–water partition coefficient (Wildman–Crippen LogP) is 4.07. The van der Waals surface area contributed by atoms with Crippen LogP contribution in [-0.2, 0) is 4.74 Å². The van der Waals surface area contributed by atoms with Gasteiger partial charge in [-0.05, 0) is 42.0 Å². The van der Waals surface area contributed by atoms with Gasteiger partial charge in [-0.2, -0.15) is 5.10 Å². The SMILES string of the molecule is O=C(Nc1ccc(C2CN(C(=O)O)CCO2)cc1)c1cnn(-c2ccc(OC(F)(F)F)cc2)c1. The zero-order valence-corrected chi connectivity index (χ0v) is 17.5. The van der Waals surface area contributed by atoms with E-state index in [4.69, 9.17) is 9.84 Å². The van der Waals surface area contributed by atoms with Crippen LogP contribution in [0.3, 0.4) is 0 Å². The Labute approximate surface area is 191 Å². The second-order valence-corrected chi connectivity index (χ2v) is 7.38. The fourth-order valence-electron chi connectivity index (χ4n) is 3.39. The maximum absolute atomic E-state index is 12.6. The van der Waals surface area contributed by atoms with Crippen molar-refractivity contribution in [2.45, 2.75) is 12.5 Å². The predicted molar refractivity (Wildman–Crippen MR) is 113 cm³/mol. The van der Waals surface area contributed by atoms with Gasteiger partial charge in [-0.1, -0.05) is 12.1 Å². The Morgan fingerprint density at radius 2 is 1.82 bits per heavy atom. The van der Waals surface area contributed by atoms with E-state index < -0.39 is 18.4 Å². The van der Waals surface area contributed by atoms with Gasteiger partial charge in [-0.25, -0.2) is 9.48 Å². The van der Waals surface area contributed by atoms with Crippen molar-refractivity contribution in [3.8, 4) is 11.4 Å². The van der Waals surface area contributed by atoms with E-state index in [9.17, 15) is 22.8 Å². The van der Waals surface area contributed by atoms with Gasteiger partial charge < -0.3 is 24.8 Å². The number of ether oxygens (including phenoxy) is 2. The number of amides is 2. The van der Waals surface area contributed by atoms with Crippen molar-refractivity contribution in [1.82, 2.24) is 14.7 Å². The van der Waals surface area contributed by atoms with Crippen LogP contribution in [0.4, 0.5) is 23.7 Å². The number of hydrogen-bond donors (Lipinski definition) is 2. The second kappa shape index (κ2) is 9.43. The van der Waals surface area contributed by atoms with E-state index in [0.29, 0.717) is 24.5 Å². The molecule has 0 spiro atoms. The third-order valence-electron chi connectivity index (χ3n) is 5.06. The van der Waals surface area contributed by atoms with Crippen molar-refractivity contribution in [1.29, 1.82) is 0 Å². The van der Waals surface area contributed by atoms with Crippen molar-refractivity contribution in [2.24, 2.45) is 0 Å². The molecular formula is C22H19F3N4O5. The summed E-state index contributed by atoms with van der Waals surface area (Å²) >= 11 is 0. The molecule has 1 saturated heterocycles. The molecule has 1 atom stereocenters. The van der Waals surface area contributed by atoms with Gasteiger partial charge in [0, 0.05) is 18.4 Å². The molecule has 4 rings (SSSR count). The summed E-state index contributed by atoms with van der Waals surface area (Å²) in [4.78, 5) is 25.0.